The van der Waals surface area contributed by atoms with Crippen molar-refractivity contribution >= 4 is 5.97 Å². The monoisotopic (exact) mass is 198 g/mol. The Kier molecular flexibility index (Phi) is 5.51. The Hall–Kier alpha value is -0.790. The molecule has 0 unspecified atom stereocenters. The molecule has 14 heavy (non-hydrogen) atoms. The molecule has 0 amide bonds. The third kappa shape index (κ3) is 5.79. The molecule has 0 spiro atoms. The number of hydrogen-bond acceptors (Lipinski definition) is 2. The number of hydrogen-bond donors (Lipinski definition) is 0. The van der Waals surface area contributed by atoms with Gasteiger partial charge in [0.25, 0.3) is 0 Å². The second-order valence-electron chi connectivity index (χ2n) is 4.46. The maximum atomic E-state index is 11.3. The summed E-state index contributed by atoms with van der Waals surface area (Å²) in [6, 6.07) is 0. The van der Waals surface area contributed by atoms with Crippen molar-refractivity contribution in [1.82, 2.24) is 0 Å². The molecular formula is C12H22O2. The fourth-order valence-electron chi connectivity index (χ4n) is 1.52. The quantitative estimate of drug-likeness (QED) is 0.500. The van der Waals surface area contributed by atoms with Crippen LogP contribution in [0.5, 0.6) is 0 Å². The van der Waals surface area contributed by atoms with Gasteiger partial charge in [0, 0.05) is 0 Å². The van der Waals surface area contributed by atoms with E-state index < -0.39 is 0 Å². The molecule has 0 aromatic heterocycles. The first kappa shape index (κ1) is 13.2. The third-order valence-electron chi connectivity index (χ3n) is 2.18. The Labute approximate surface area is 87.3 Å². The minimum atomic E-state index is -0.0959. The summed E-state index contributed by atoms with van der Waals surface area (Å²) in [4.78, 5) is 11.3. The average molecular weight is 198 g/mol. The van der Waals surface area contributed by atoms with E-state index in [-0.39, 0.29) is 11.4 Å². The van der Waals surface area contributed by atoms with E-state index >= 15 is 0 Å². The lowest BCUT2D eigenvalue weighted by Crippen LogP contribution is -2.19. The van der Waals surface area contributed by atoms with Crippen molar-refractivity contribution in [3.63, 3.8) is 0 Å². The highest BCUT2D eigenvalue weighted by Crippen LogP contribution is 2.29. The molecule has 0 aromatic carbocycles. The molecule has 0 aromatic rings. The number of carbonyl (C=O) groups is 1. The first-order valence-corrected chi connectivity index (χ1v) is 5.18. The minimum absolute atomic E-state index is 0.00282. The predicted molar refractivity (Wildman–Crippen MR) is 59.1 cm³/mol. The van der Waals surface area contributed by atoms with E-state index in [1.54, 1.807) is 0 Å². The summed E-state index contributed by atoms with van der Waals surface area (Å²) in [5, 5.41) is 0. The van der Waals surface area contributed by atoms with Gasteiger partial charge in [-0.2, -0.15) is 0 Å². The van der Waals surface area contributed by atoms with Crippen molar-refractivity contribution in [2.75, 3.05) is 6.61 Å². The van der Waals surface area contributed by atoms with Gasteiger partial charge in [0.15, 0.2) is 0 Å². The van der Waals surface area contributed by atoms with E-state index in [0.717, 1.165) is 6.42 Å². The molecule has 0 bridgehead atoms. The van der Waals surface area contributed by atoms with E-state index in [2.05, 4.69) is 26.8 Å². The van der Waals surface area contributed by atoms with Crippen LogP contribution in [0.2, 0.25) is 0 Å². The predicted octanol–water partition coefficient (Wildman–Crippen LogP) is 3.32. The Bertz CT molecular complexity index is 214. The zero-order valence-electron chi connectivity index (χ0n) is 10.0. The van der Waals surface area contributed by atoms with Crippen LogP contribution in [-0.2, 0) is 9.53 Å². The van der Waals surface area contributed by atoms with Crippen LogP contribution in [0.4, 0.5) is 0 Å². The smallest absolute Gasteiger partial charge is 0.306 e. The topological polar surface area (TPSA) is 26.3 Å². The first-order valence-electron chi connectivity index (χ1n) is 5.18. The summed E-state index contributed by atoms with van der Waals surface area (Å²) < 4.78 is 4.93. The summed E-state index contributed by atoms with van der Waals surface area (Å²) >= 11 is 0. The van der Waals surface area contributed by atoms with Crippen LogP contribution < -0.4 is 0 Å². The number of allylic oxidation sites excluding steroid dienone is 2. The third-order valence-corrected chi connectivity index (χ3v) is 2.18. The molecule has 0 heterocycles. The van der Waals surface area contributed by atoms with E-state index in [9.17, 15) is 4.79 Å². The number of rotatable bonds is 5. The highest BCUT2D eigenvalue weighted by Gasteiger charge is 2.22. The standard InChI is InChI=1S/C12H22O2/c1-6-10(3)8-12(4,5)9-11(13)14-7-2/h6H,7-9H2,1-5H3. The Morgan fingerprint density at radius 2 is 1.93 bits per heavy atom. The van der Waals surface area contributed by atoms with Crippen LogP contribution in [0.1, 0.15) is 47.5 Å². The molecule has 0 radical (unpaired) electrons. The van der Waals surface area contributed by atoms with Gasteiger partial charge in [0.2, 0.25) is 0 Å². The van der Waals surface area contributed by atoms with Crippen molar-refractivity contribution in [3.05, 3.63) is 11.6 Å². The van der Waals surface area contributed by atoms with Gasteiger partial charge in [0.05, 0.1) is 13.0 Å². The zero-order valence-corrected chi connectivity index (χ0v) is 10.0. The van der Waals surface area contributed by atoms with Crippen molar-refractivity contribution in [1.29, 1.82) is 0 Å². The lowest BCUT2D eigenvalue weighted by Gasteiger charge is -2.23. The minimum Gasteiger partial charge on any atom is -0.466 e. The molecule has 0 fully saturated rings. The van der Waals surface area contributed by atoms with E-state index in [4.69, 9.17) is 4.74 Å². The maximum Gasteiger partial charge on any atom is 0.306 e. The summed E-state index contributed by atoms with van der Waals surface area (Å²) in [7, 11) is 0. The molecule has 0 aliphatic rings. The SMILES string of the molecule is CC=C(C)CC(C)(C)CC(=O)OCC. The molecule has 0 N–H and O–H groups in total. The highest BCUT2D eigenvalue weighted by molar-refractivity contribution is 5.70. The van der Waals surface area contributed by atoms with Gasteiger partial charge in [-0.3, -0.25) is 4.79 Å². The number of esters is 1. The average Bonchev–Trinajstić information content (AvgIpc) is 2.02. The van der Waals surface area contributed by atoms with Crippen molar-refractivity contribution in [2.45, 2.75) is 47.5 Å². The van der Waals surface area contributed by atoms with Gasteiger partial charge in [-0.15, -0.1) is 0 Å². The van der Waals surface area contributed by atoms with Gasteiger partial charge in [-0.1, -0.05) is 25.5 Å². The molecule has 0 aliphatic heterocycles. The highest BCUT2D eigenvalue weighted by atomic mass is 16.5. The van der Waals surface area contributed by atoms with Gasteiger partial charge >= 0.3 is 5.97 Å². The Balaban J connectivity index is 4.13. The molecule has 0 aliphatic carbocycles. The second kappa shape index (κ2) is 5.84. The first-order chi connectivity index (χ1) is 6.41. The lowest BCUT2D eigenvalue weighted by atomic mass is 9.83. The Morgan fingerprint density at radius 1 is 1.36 bits per heavy atom. The van der Waals surface area contributed by atoms with Gasteiger partial charge < -0.3 is 4.74 Å². The number of carbonyl (C=O) groups excluding carboxylic acids is 1. The molecule has 0 saturated heterocycles. The molecule has 82 valence electrons. The van der Waals surface area contributed by atoms with Crippen LogP contribution in [0.15, 0.2) is 11.6 Å². The molecule has 2 nitrogen and oxygen atoms in total. The van der Waals surface area contributed by atoms with Gasteiger partial charge in [-0.05, 0) is 32.6 Å². The van der Waals surface area contributed by atoms with Crippen LogP contribution in [0.25, 0.3) is 0 Å². The Morgan fingerprint density at radius 3 is 2.36 bits per heavy atom. The van der Waals surface area contributed by atoms with Crippen LogP contribution in [0, 0.1) is 5.41 Å². The second-order valence-corrected chi connectivity index (χ2v) is 4.46. The van der Waals surface area contributed by atoms with Crippen LogP contribution in [0.3, 0.4) is 0 Å². The summed E-state index contributed by atoms with van der Waals surface area (Å²) in [6.45, 7) is 10.6. The van der Waals surface area contributed by atoms with Crippen molar-refractivity contribution in [2.24, 2.45) is 5.41 Å². The lowest BCUT2D eigenvalue weighted by molar-refractivity contribution is -0.145. The number of ether oxygens (including phenoxy) is 1. The molecule has 2 heteroatoms. The fraction of sp³-hybridized carbons (Fsp3) is 0.750. The fourth-order valence-corrected chi connectivity index (χ4v) is 1.52. The van der Waals surface area contributed by atoms with E-state index in [1.807, 2.05) is 13.8 Å². The van der Waals surface area contributed by atoms with Crippen molar-refractivity contribution < 1.29 is 9.53 Å². The summed E-state index contributed by atoms with van der Waals surface area (Å²) in [6.07, 6.45) is 3.53. The molecule has 0 saturated carbocycles. The van der Waals surface area contributed by atoms with Crippen molar-refractivity contribution in [3.8, 4) is 0 Å². The summed E-state index contributed by atoms with van der Waals surface area (Å²) in [5.74, 6) is -0.0959. The van der Waals surface area contributed by atoms with E-state index in [1.165, 1.54) is 5.57 Å². The van der Waals surface area contributed by atoms with E-state index in [0.29, 0.717) is 13.0 Å². The normalized spacial score (nSPS) is 12.8. The molecular weight excluding hydrogens is 176 g/mol. The van der Waals surface area contributed by atoms with Crippen LogP contribution >= 0.6 is 0 Å². The van der Waals surface area contributed by atoms with Gasteiger partial charge in [-0.25, -0.2) is 0 Å². The largest absolute Gasteiger partial charge is 0.466 e. The summed E-state index contributed by atoms with van der Waals surface area (Å²) in [5.41, 5.74) is 1.32. The van der Waals surface area contributed by atoms with Gasteiger partial charge in [0.1, 0.15) is 0 Å². The maximum absolute atomic E-state index is 11.3. The molecule has 0 atom stereocenters. The van der Waals surface area contributed by atoms with Crippen LogP contribution in [-0.4, -0.2) is 12.6 Å². The molecule has 0 rings (SSSR count). The zero-order chi connectivity index (χ0) is 11.2.